The van der Waals surface area contributed by atoms with Gasteiger partial charge in [0.05, 0.1) is 32.1 Å². The second-order valence-corrected chi connectivity index (χ2v) is 12.5. The van der Waals surface area contributed by atoms with Crippen LogP contribution in [0.25, 0.3) is 31.6 Å². The molecule has 5 rings (SSSR count). The lowest BCUT2D eigenvalue weighted by Crippen LogP contribution is -2.62. The van der Waals surface area contributed by atoms with Crippen molar-refractivity contribution < 1.29 is 14.6 Å². The first kappa shape index (κ1) is 24.6. The molecule has 4 aromatic rings. The van der Waals surface area contributed by atoms with Gasteiger partial charge in [0.25, 0.3) is 0 Å². The highest BCUT2D eigenvalue weighted by atomic mass is 32.1. The van der Waals surface area contributed by atoms with Gasteiger partial charge in [-0.1, -0.05) is 54.6 Å². The molecule has 186 valence electrons. The standard InChI is InChI=1S/C28H29N3O3S2/c1-26(2,3)34-25(32)31-28(15-27(4,33)16-28)20-12-10-18(11-13-20)22-23(19-8-6-5-7-9-19)36-24(30-22)21-14-29-17-35-21/h5-14,17,33H,15-16H2,1-4H3,(H,31,32)/t27-,28-. The summed E-state index contributed by atoms with van der Waals surface area (Å²) >= 11 is 3.23. The van der Waals surface area contributed by atoms with Crippen LogP contribution in [0.3, 0.4) is 0 Å². The van der Waals surface area contributed by atoms with Crippen LogP contribution in [0.2, 0.25) is 0 Å². The quantitative estimate of drug-likeness (QED) is 0.301. The van der Waals surface area contributed by atoms with Gasteiger partial charge in [-0.05, 0) is 38.8 Å². The predicted octanol–water partition coefficient (Wildman–Crippen LogP) is 6.87. The number of rotatable bonds is 5. The van der Waals surface area contributed by atoms with Crippen molar-refractivity contribution in [3.63, 3.8) is 0 Å². The van der Waals surface area contributed by atoms with Crippen LogP contribution in [0.5, 0.6) is 0 Å². The number of carbonyl (C=O) groups excluding carboxylic acids is 1. The molecule has 0 atom stereocenters. The number of thiazole rings is 2. The number of nitrogens with zero attached hydrogens (tertiary/aromatic N) is 2. The van der Waals surface area contributed by atoms with Crippen LogP contribution in [0.1, 0.15) is 46.1 Å². The van der Waals surface area contributed by atoms with Crippen LogP contribution < -0.4 is 5.32 Å². The fourth-order valence-corrected chi connectivity index (χ4v) is 6.56. The molecular formula is C28H29N3O3S2. The van der Waals surface area contributed by atoms with Crippen molar-refractivity contribution in [1.29, 1.82) is 0 Å². The molecule has 0 saturated heterocycles. The van der Waals surface area contributed by atoms with E-state index in [0.29, 0.717) is 12.8 Å². The summed E-state index contributed by atoms with van der Waals surface area (Å²) in [4.78, 5) is 24.0. The lowest BCUT2D eigenvalue weighted by Gasteiger charge is -2.52. The number of hydrogen-bond donors (Lipinski definition) is 2. The molecule has 36 heavy (non-hydrogen) atoms. The smallest absolute Gasteiger partial charge is 0.408 e. The van der Waals surface area contributed by atoms with Crippen molar-refractivity contribution in [2.24, 2.45) is 0 Å². The summed E-state index contributed by atoms with van der Waals surface area (Å²) in [6.45, 7) is 7.30. The van der Waals surface area contributed by atoms with E-state index in [1.54, 1.807) is 29.6 Å². The Morgan fingerprint density at radius 1 is 1.06 bits per heavy atom. The first-order valence-corrected chi connectivity index (χ1v) is 13.5. The Morgan fingerprint density at radius 3 is 2.33 bits per heavy atom. The first-order valence-electron chi connectivity index (χ1n) is 11.8. The fourth-order valence-electron chi connectivity index (χ4n) is 4.79. The van der Waals surface area contributed by atoms with E-state index in [9.17, 15) is 9.90 Å². The van der Waals surface area contributed by atoms with Crippen LogP contribution in [0.4, 0.5) is 4.79 Å². The van der Waals surface area contributed by atoms with E-state index in [1.807, 2.05) is 74.9 Å². The highest BCUT2D eigenvalue weighted by Gasteiger charge is 2.53. The highest BCUT2D eigenvalue weighted by molar-refractivity contribution is 7.23. The third-order valence-electron chi connectivity index (χ3n) is 6.12. The van der Waals surface area contributed by atoms with Crippen LogP contribution in [-0.2, 0) is 10.3 Å². The van der Waals surface area contributed by atoms with Gasteiger partial charge in [0.15, 0.2) is 0 Å². The average molecular weight is 520 g/mol. The number of hydrogen-bond acceptors (Lipinski definition) is 7. The van der Waals surface area contributed by atoms with Crippen LogP contribution in [0.15, 0.2) is 66.3 Å². The van der Waals surface area contributed by atoms with Crippen LogP contribution in [-0.4, -0.2) is 32.4 Å². The summed E-state index contributed by atoms with van der Waals surface area (Å²) in [6, 6.07) is 18.4. The first-order chi connectivity index (χ1) is 17.0. The lowest BCUT2D eigenvalue weighted by atomic mass is 9.62. The normalized spacial score (nSPS) is 21.6. The molecule has 8 heteroatoms. The Kier molecular flexibility index (Phi) is 6.22. The number of ether oxygens (including phenoxy) is 1. The minimum atomic E-state index is -0.841. The second-order valence-electron chi connectivity index (χ2n) is 10.6. The van der Waals surface area contributed by atoms with Crippen LogP contribution in [0, 0.1) is 0 Å². The fraction of sp³-hybridized carbons (Fsp3) is 0.321. The largest absolute Gasteiger partial charge is 0.444 e. The zero-order chi connectivity index (χ0) is 25.6. The Labute approximate surface area is 219 Å². The Hall–Kier alpha value is -3.07. The highest BCUT2D eigenvalue weighted by Crippen LogP contribution is 2.49. The van der Waals surface area contributed by atoms with Crippen molar-refractivity contribution >= 4 is 28.8 Å². The molecule has 0 aliphatic heterocycles. The van der Waals surface area contributed by atoms with Gasteiger partial charge in [-0.25, -0.2) is 9.78 Å². The summed E-state index contributed by atoms with van der Waals surface area (Å²) < 4.78 is 5.51. The molecule has 1 aliphatic carbocycles. The minimum absolute atomic E-state index is 0.417. The van der Waals surface area contributed by atoms with E-state index in [2.05, 4.69) is 22.4 Å². The van der Waals surface area contributed by atoms with Crippen LogP contribution >= 0.6 is 22.7 Å². The summed E-state index contributed by atoms with van der Waals surface area (Å²) in [6.07, 6.45) is 2.20. The molecule has 0 spiro atoms. The molecule has 2 aromatic carbocycles. The molecule has 6 nitrogen and oxygen atoms in total. The molecule has 0 bridgehead atoms. The summed E-state index contributed by atoms with van der Waals surface area (Å²) in [5, 5.41) is 14.5. The molecule has 0 unspecified atom stereocenters. The second kappa shape index (κ2) is 9.10. The number of amides is 1. The van der Waals surface area contributed by atoms with Gasteiger partial charge >= 0.3 is 6.09 Å². The third kappa shape index (κ3) is 5.07. The number of carbonyl (C=O) groups is 1. The van der Waals surface area contributed by atoms with E-state index in [0.717, 1.165) is 37.1 Å². The van der Waals surface area contributed by atoms with Crippen molar-refractivity contribution in [3.05, 3.63) is 71.9 Å². The summed E-state index contributed by atoms with van der Waals surface area (Å²) in [7, 11) is 0. The molecule has 2 aromatic heterocycles. The zero-order valence-electron chi connectivity index (χ0n) is 20.7. The number of nitrogens with one attached hydrogen (secondary N) is 1. The minimum Gasteiger partial charge on any atom is -0.444 e. The molecule has 2 N–H and O–H groups in total. The van der Waals surface area contributed by atoms with E-state index in [-0.39, 0.29) is 0 Å². The number of aromatic nitrogens is 2. The van der Waals surface area contributed by atoms with Crippen molar-refractivity contribution in [1.82, 2.24) is 15.3 Å². The van der Waals surface area contributed by atoms with E-state index in [1.165, 1.54) is 0 Å². The van der Waals surface area contributed by atoms with Crippen molar-refractivity contribution in [3.8, 4) is 31.6 Å². The molecule has 1 aliphatic rings. The molecular weight excluding hydrogens is 490 g/mol. The number of aliphatic hydroxyl groups is 1. The molecule has 2 heterocycles. The Morgan fingerprint density at radius 2 is 1.75 bits per heavy atom. The van der Waals surface area contributed by atoms with Gasteiger partial charge in [-0.3, -0.25) is 4.98 Å². The summed E-state index contributed by atoms with van der Waals surface area (Å²) in [5.74, 6) is 0. The van der Waals surface area contributed by atoms with Crippen molar-refractivity contribution in [2.75, 3.05) is 0 Å². The maximum Gasteiger partial charge on any atom is 0.408 e. The monoisotopic (exact) mass is 519 g/mol. The van der Waals surface area contributed by atoms with E-state index in [4.69, 9.17) is 9.72 Å². The van der Waals surface area contributed by atoms with Gasteiger partial charge in [0, 0.05) is 24.6 Å². The van der Waals surface area contributed by atoms with Gasteiger partial charge < -0.3 is 15.2 Å². The zero-order valence-corrected chi connectivity index (χ0v) is 22.4. The average Bonchev–Trinajstić information content (AvgIpc) is 3.47. The Balaban J connectivity index is 1.49. The summed E-state index contributed by atoms with van der Waals surface area (Å²) in [5.41, 5.74) is 3.65. The predicted molar refractivity (Wildman–Crippen MR) is 145 cm³/mol. The maximum absolute atomic E-state index is 12.6. The number of benzene rings is 2. The number of alkyl carbamates (subject to hydrolysis) is 1. The lowest BCUT2D eigenvalue weighted by molar-refractivity contribution is -0.0892. The molecule has 1 fully saturated rings. The third-order valence-corrected chi connectivity index (χ3v) is 8.17. The Bertz CT molecular complexity index is 1350. The molecule has 1 amide bonds. The van der Waals surface area contributed by atoms with Gasteiger partial charge in [0.1, 0.15) is 10.6 Å². The van der Waals surface area contributed by atoms with Gasteiger partial charge in [-0.2, -0.15) is 0 Å². The molecule has 0 radical (unpaired) electrons. The molecule has 1 saturated carbocycles. The van der Waals surface area contributed by atoms with E-state index < -0.39 is 22.8 Å². The van der Waals surface area contributed by atoms with Crippen molar-refractivity contribution in [2.45, 2.75) is 57.3 Å². The topological polar surface area (TPSA) is 84.3 Å². The SMILES string of the molecule is CC(C)(C)OC(=O)N[C@]1(c2ccc(-c3nc(-c4cncs4)sc3-c3ccccc3)cc2)C[C@@](C)(O)C1. The van der Waals surface area contributed by atoms with E-state index >= 15 is 0 Å². The van der Waals surface area contributed by atoms with Gasteiger partial charge in [-0.15, -0.1) is 22.7 Å². The maximum atomic E-state index is 12.6. The van der Waals surface area contributed by atoms with Gasteiger partial charge in [0.2, 0.25) is 0 Å².